The van der Waals surface area contributed by atoms with Gasteiger partial charge in [0.25, 0.3) is 0 Å². The lowest BCUT2D eigenvalue weighted by Crippen LogP contribution is -2.45. The molecule has 0 fully saturated rings. The summed E-state index contributed by atoms with van der Waals surface area (Å²) >= 11 is 0. The molecule has 0 saturated heterocycles. The Morgan fingerprint density at radius 3 is 2.12 bits per heavy atom. The van der Waals surface area contributed by atoms with Crippen LogP contribution >= 0.6 is 0 Å². The summed E-state index contributed by atoms with van der Waals surface area (Å²) < 4.78 is 0. The molecule has 5 nitrogen and oxygen atoms in total. The zero-order valence-corrected chi connectivity index (χ0v) is 10.3. The summed E-state index contributed by atoms with van der Waals surface area (Å²) in [5.74, 6) is -0.498. The fourth-order valence-electron chi connectivity index (χ4n) is 1.04. The van der Waals surface area contributed by atoms with Crippen LogP contribution in [0, 0.1) is 5.92 Å². The van der Waals surface area contributed by atoms with Crippen LogP contribution in [-0.2, 0) is 14.4 Å². The van der Waals surface area contributed by atoms with Gasteiger partial charge in [0.05, 0.1) is 6.42 Å². The average Bonchev–Trinajstić information content (AvgIpc) is 2.12. The molecule has 92 valence electrons. The molecule has 16 heavy (non-hydrogen) atoms. The molecule has 0 bridgehead atoms. The maximum atomic E-state index is 11.5. The molecule has 0 aromatic rings. The first kappa shape index (κ1) is 14.6. The Kier molecular flexibility index (Phi) is 6.37. The highest BCUT2D eigenvalue weighted by atomic mass is 16.2. The molecule has 0 heterocycles. The normalized spacial score (nSPS) is 12.1. The highest BCUT2D eigenvalue weighted by Gasteiger charge is 2.15. The number of ketones is 1. The smallest absolute Gasteiger partial charge is 0.242 e. The molecular weight excluding hydrogens is 208 g/mol. The fraction of sp³-hybridized carbons (Fsp3) is 0.727. The summed E-state index contributed by atoms with van der Waals surface area (Å²) in [4.78, 5) is 33.3. The molecule has 1 unspecified atom stereocenters. The lowest BCUT2D eigenvalue weighted by atomic mass is 10.2. The molecule has 0 rings (SSSR count). The van der Waals surface area contributed by atoms with E-state index in [-0.39, 0.29) is 18.1 Å². The van der Waals surface area contributed by atoms with Crippen molar-refractivity contribution in [2.45, 2.75) is 40.2 Å². The van der Waals surface area contributed by atoms with Crippen LogP contribution in [0.5, 0.6) is 0 Å². The first-order valence-corrected chi connectivity index (χ1v) is 5.39. The third kappa shape index (κ3) is 6.98. The lowest BCUT2D eigenvalue weighted by Gasteiger charge is -2.14. The van der Waals surface area contributed by atoms with E-state index >= 15 is 0 Å². The van der Waals surface area contributed by atoms with Gasteiger partial charge in [0.2, 0.25) is 11.8 Å². The summed E-state index contributed by atoms with van der Waals surface area (Å²) in [6, 6.07) is -0.606. The number of rotatable bonds is 6. The van der Waals surface area contributed by atoms with Crippen molar-refractivity contribution in [1.29, 1.82) is 0 Å². The van der Waals surface area contributed by atoms with E-state index in [9.17, 15) is 14.4 Å². The van der Waals surface area contributed by atoms with Crippen LogP contribution in [0.1, 0.15) is 34.1 Å². The molecule has 0 saturated carbocycles. The quantitative estimate of drug-likeness (QED) is 0.639. The van der Waals surface area contributed by atoms with Crippen LogP contribution in [0.3, 0.4) is 0 Å². The molecular formula is C11H20N2O3. The van der Waals surface area contributed by atoms with Crippen LogP contribution in [0.25, 0.3) is 0 Å². The maximum absolute atomic E-state index is 11.5. The zero-order valence-electron chi connectivity index (χ0n) is 10.3. The van der Waals surface area contributed by atoms with Gasteiger partial charge in [-0.2, -0.15) is 0 Å². The van der Waals surface area contributed by atoms with Gasteiger partial charge in [-0.05, 0) is 19.8 Å². The highest BCUT2D eigenvalue weighted by molar-refractivity contribution is 5.98. The van der Waals surface area contributed by atoms with E-state index in [0.29, 0.717) is 12.5 Å². The van der Waals surface area contributed by atoms with E-state index < -0.39 is 11.9 Å². The first-order valence-electron chi connectivity index (χ1n) is 5.39. The third-order valence-corrected chi connectivity index (χ3v) is 1.86. The number of carbonyl (C=O) groups excluding carboxylic acids is 3. The maximum Gasteiger partial charge on any atom is 0.242 e. The predicted molar refractivity (Wildman–Crippen MR) is 60.8 cm³/mol. The van der Waals surface area contributed by atoms with Crippen molar-refractivity contribution in [2.24, 2.45) is 5.92 Å². The average molecular weight is 228 g/mol. The summed E-state index contributed by atoms with van der Waals surface area (Å²) in [6.45, 7) is 7.47. The van der Waals surface area contributed by atoms with Crippen molar-refractivity contribution in [1.82, 2.24) is 10.6 Å². The summed E-state index contributed by atoms with van der Waals surface area (Å²) in [5, 5.41) is 5.16. The Morgan fingerprint density at radius 1 is 1.12 bits per heavy atom. The molecule has 0 spiro atoms. The standard InChI is InChI=1S/C11H20N2O3/c1-7(2)6-12-11(16)9(4)13-10(15)5-8(3)14/h7,9H,5-6H2,1-4H3,(H,12,16)(H,13,15). The highest BCUT2D eigenvalue weighted by Crippen LogP contribution is 1.90. The molecule has 0 aliphatic rings. The minimum atomic E-state index is -0.606. The number of hydrogen-bond acceptors (Lipinski definition) is 3. The zero-order chi connectivity index (χ0) is 12.7. The largest absolute Gasteiger partial charge is 0.354 e. The molecule has 2 N–H and O–H groups in total. The Hall–Kier alpha value is -1.39. The Morgan fingerprint density at radius 2 is 1.69 bits per heavy atom. The predicted octanol–water partition coefficient (Wildman–Crippen LogP) is 0.242. The minimum absolute atomic E-state index is 0.179. The number of hydrogen-bond donors (Lipinski definition) is 2. The number of carbonyl (C=O) groups is 3. The molecule has 5 heteroatoms. The van der Waals surface area contributed by atoms with Gasteiger partial charge in [-0.15, -0.1) is 0 Å². The second-order valence-electron chi connectivity index (χ2n) is 4.31. The Labute approximate surface area is 96.0 Å². The topological polar surface area (TPSA) is 75.3 Å². The second-order valence-corrected chi connectivity index (χ2v) is 4.31. The van der Waals surface area contributed by atoms with Crippen LogP contribution in [0.4, 0.5) is 0 Å². The molecule has 1 atom stereocenters. The van der Waals surface area contributed by atoms with E-state index in [1.54, 1.807) is 6.92 Å². The number of amides is 2. The molecule has 0 radical (unpaired) electrons. The van der Waals surface area contributed by atoms with Crippen molar-refractivity contribution < 1.29 is 14.4 Å². The van der Waals surface area contributed by atoms with Crippen molar-refractivity contribution in [3.05, 3.63) is 0 Å². The van der Waals surface area contributed by atoms with Gasteiger partial charge in [-0.3, -0.25) is 14.4 Å². The molecule has 0 aliphatic carbocycles. The summed E-state index contributed by atoms with van der Waals surface area (Å²) in [5.41, 5.74) is 0. The van der Waals surface area contributed by atoms with E-state index in [1.807, 2.05) is 13.8 Å². The van der Waals surface area contributed by atoms with Crippen LogP contribution in [0.15, 0.2) is 0 Å². The summed E-state index contributed by atoms with van der Waals surface area (Å²) in [6.07, 6.45) is -0.179. The van der Waals surface area contributed by atoms with Gasteiger partial charge in [0.1, 0.15) is 11.8 Å². The Bertz CT molecular complexity index is 274. The van der Waals surface area contributed by atoms with Gasteiger partial charge >= 0.3 is 0 Å². The minimum Gasteiger partial charge on any atom is -0.354 e. The van der Waals surface area contributed by atoms with E-state index in [2.05, 4.69) is 10.6 Å². The van der Waals surface area contributed by atoms with E-state index in [0.717, 1.165) is 0 Å². The van der Waals surface area contributed by atoms with E-state index in [4.69, 9.17) is 0 Å². The van der Waals surface area contributed by atoms with Gasteiger partial charge < -0.3 is 10.6 Å². The SMILES string of the molecule is CC(=O)CC(=O)NC(C)C(=O)NCC(C)C. The van der Waals surface area contributed by atoms with Crippen molar-refractivity contribution in [3.63, 3.8) is 0 Å². The Balaban J connectivity index is 3.95. The monoisotopic (exact) mass is 228 g/mol. The van der Waals surface area contributed by atoms with Gasteiger partial charge in [-0.25, -0.2) is 0 Å². The van der Waals surface area contributed by atoms with Crippen LogP contribution < -0.4 is 10.6 Å². The van der Waals surface area contributed by atoms with E-state index in [1.165, 1.54) is 6.92 Å². The van der Waals surface area contributed by atoms with Crippen LogP contribution in [-0.4, -0.2) is 30.2 Å². The number of Topliss-reactive ketones (excluding diaryl/α,β-unsaturated/α-hetero) is 1. The van der Waals surface area contributed by atoms with Gasteiger partial charge in [0, 0.05) is 6.54 Å². The summed E-state index contributed by atoms with van der Waals surface area (Å²) in [7, 11) is 0. The van der Waals surface area contributed by atoms with Gasteiger partial charge in [-0.1, -0.05) is 13.8 Å². The molecule has 0 aromatic heterocycles. The molecule has 2 amide bonds. The first-order chi connectivity index (χ1) is 7.32. The number of nitrogens with one attached hydrogen (secondary N) is 2. The van der Waals surface area contributed by atoms with Crippen molar-refractivity contribution in [2.75, 3.05) is 6.54 Å². The van der Waals surface area contributed by atoms with Gasteiger partial charge in [0.15, 0.2) is 0 Å². The fourth-order valence-corrected chi connectivity index (χ4v) is 1.04. The van der Waals surface area contributed by atoms with Crippen molar-refractivity contribution >= 4 is 17.6 Å². The second kappa shape index (κ2) is 6.98. The third-order valence-electron chi connectivity index (χ3n) is 1.86. The molecule has 0 aromatic carbocycles. The van der Waals surface area contributed by atoms with Crippen LogP contribution in [0.2, 0.25) is 0 Å². The lowest BCUT2D eigenvalue weighted by molar-refractivity contribution is -0.131. The molecule has 0 aliphatic heterocycles. The van der Waals surface area contributed by atoms with Crippen molar-refractivity contribution in [3.8, 4) is 0 Å².